The topological polar surface area (TPSA) is 246 Å². The van der Waals surface area contributed by atoms with Crippen LogP contribution in [-0.2, 0) is 45.8 Å². The predicted octanol–water partition coefficient (Wildman–Crippen LogP) is 31.7. The average Bonchev–Trinajstić information content (AvgIpc) is 1.72. The highest BCUT2D eigenvalue weighted by molar-refractivity contribution is 9.11. The maximum Gasteiger partial charge on any atom is 0.288 e. The zero-order chi connectivity index (χ0) is 98.4. The maximum atomic E-state index is 11.0. The molecule has 0 amide bonds. The summed E-state index contributed by atoms with van der Waals surface area (Å²) in [5, 5.41) is 67.2. The van der Waals surface area contributed by atoms with Crippen molar-refractivity contribution in [2.24, 2.45) is 0 Å². The summed E-state index contributed by atoms with van der Waals surface area (Å²) in [7, 11) is 0. The number of benzene rings is 14. The van der Waals surface area contributed by atoms with Gasteiger partial charge in [0.2, 0.25) is 0 Å². The van der Waals surface area contributed by atoms with E-state index >= 15 is 0 Å². The Kier molecular flexibility index (Phi) is 32.6. The van der Waals surface area contributed by atoms with Crippen molar-refractivity contribution in [2.75, 3.05) is 0 Å². The van der Waals surface area contributed by atoms with Crippen LogP contribution in [0.4, 0.5) is 22.7 Å². The molecular weight excluding hydrogens is 2070 g/mol. The number of rotatable bonds is 18. The summed E-state index contributed by atoms with van der Waals surface area (Å²) in [4.78, 5) is 42.1. The van der Waals surface area contributed by atoms with Crippen LogP contribution < -0.4 is 0 Å². The third-order valence-electron chi connectivity index (χ3n) is 23.0. The van der Waals surface area contributed by atoms with E-state index in [1.807, 2.05) is 174 Å². The Balaban J connectivity index is 0.000000123. The lowest BCUT2D eigenvalue weighted by atomic mass is 10.1. The molecule has 22 nitrogen and oxygen atoms in total. The van der Waals surface area contributed by atoms with Crippen molar-refractivity contribution < 1.29 is 19.7 Å². The Labute approximate surface area is 854 Å². The number of nitrogens with zero attached hydrogens (tertiary/aromatic N) is 14. The molecule has 21 aromatic rings. The number of fused-ring (bicyclic) bond motifs is 7. The molecule has 0 radical (unpaired) electrons. The molecule has 21 rings (SSSR count). The summed E-state index contributed by atoms with van der Waals surface area (Å²) in [6.45, 7) is 17.0. The first kappa shape index (κ1) is 99.9. The van der Waals surface area contributed by atoms with E-state index in [1.165, 1.54) is 78.9 Å². The molecule has 0 N–H and O–H groups in total. The van der Waals surface area contributed by atoms with Gasteiger partial charge in [-0.25, -0.2) is 0 Å². The summed E-state index contributed by atoms with van der Waals surface area (Å²) in [5.41, 5.74) is 21.5. The number of hydrogen-bond acceptors (Lipinski definition) is 11. The minimum atomic E-state index is -0.487. The lowest BCUT2D eigenvalue weighted by Gasteiger charge is -2.07. The second-order valence-electron chi connectivity index (χ2n) is 33.4. The van der Waals surface area contributed by atoms with Gasteiger partial charge >= 0.3 is 0 Å². The number of aryl methyl sites for hydroxylation is 6. The van der Waals surface area contributed by atoms with E-state index in [9.17, 15) is 40.5 Å². The highest BCUT2D eigenvalue weighted by Gasteiger charge is 2.21. The summed E-state index contributed by atoms with van der Waals surface area (Å²) < 4.78 is 17.5. The molecule has 7 heterocycles. The third-order valence-corrected chi connectivity index (χ3v) is 26.4. The molecule has 0 spiro atoms. The molecule has 14 aromatic carbocycles. The van der Waals surface area contributed by atoms with E-state index in [4.69, 9.17) is 69.6 Å². The quantitative estimate of drug-likeness (QED) is 0.0577. The first-order valence-electron chi connectivity index (χ1n) is 43.6. The van der Waals surface area contributed by atoms with Crippen LogP contribution in [0.15, 0.2) is 348 Å². The van der Waals surface area contributed by atoms with Gasteiger partial charge in [-0.2, -0.15) is 15.3 Å². The predicted molar refractivity (Wildman–Crippen MR) is 574 cm³/mol. The second-order valence-corrected chi connectivity index (χ2v) is 38.7. The highest BCUT2D eigenvalue weighted by atomic mass is 79.9. The van der Waals surface area contributed by atoms with E-state index in [-0.39, 0.29) is 42.6 Å². The second kappa shape index (κ2) is 45.4. The molecular formula is C108H87Br3Cl6N14O8. The standard InChI is InChI=1S/C16H13BrClN.C16H13ClN2O2.C16H15N3O2.C15H11BrClN.C15H13BrN2.C15H10Cl2N2O2.C15H12ClN3O2/c1-11-8-16-13(9-15(11)17)6-7-19(16)10-12-2-4-14(18)5-3-12;1-11-8-16-13(9-15(11)19(20)21)6-7-18(16)10-12-2-4-14(17)5-3-12;1-11-3-5-13(6-4-11)9-18-10-14-8-16(19(20)21)12(2)7-15(14)17-18;16-13-3-6-15-12(9-13)7-8-18(15)10-11-1-4-14(17)5-2-11;1-11-2-4-12(5-3-11)9-18-10-13-8-14(16)6-7-15(13)17-18;16-12-3-1-10(2-4-12)9-18-6-5-11-7-15(19(20)21)13(17)8-14(11)18;1-10-2-4-11(5-3-10)8-18-9-12-6-15(19(20)21)13(16)7-14(12)17-18/h2-9H,10H2,1H3;2-9H,10H2,1H3;3-8,10H,9H2,1-2H3;1-9H,10H2;2-8,10H,9H2,1H3;1-8H,9H2;2-7,9H,8H2,1H3. The maximum absolute atomic E-state index is 11.0. The summed E-state index contributed by atoms with van der Waals surface area (Å²) in [6, 6.07) is 94.1. The summed E-state index contributed by atoms with van der Waals surface area (Å²) in [5.74, 6) is 0. The van der Waals surface area contributed by atoms with Crippen LogP contribution in [0.25, 0.3) is 76.3 Å². The smallest absolute Gasteiger partial charge is 0.288 e. The number of hydrogen-bond donors (Lipinski definition) is 0. The van der Waals surface area contributed by atoms with Crippen molar-refractivity contribution in [2.45, 2.75) is 87.4 Å². The molecule has 0 aliphatic rings. The van der Waals surface area contributed by atoms with Gasteiger partial charge in [0.25, 0.3) is 22.7 Å². The molecule has 0 aliphatic heterocycles. The van der Waals surface area contributed by atoms with Gasteiger partial charge in [0, 0.05) is 193 Å². The van der Waals surface area contributed by atoms with Crippen LogP contribution in [0.3, 0.4) is 0 Å². The number of halogens is 9. The Morgan fingerprint density at radius 1 is 0.259 bits per heavy atom. The number of nitro groups is 4. The zero-order valence-electron chi connectivity index (χ0n) is 75.6. The van der Waals surface area contributed by atoms with Crippen LogP contribution in [0.2, 0.25) is 30.1 Å². The van der Waals surface area contributed by atoms with Crippen LogP contribution in [0.1, 0.15) is 72.3 Å². The molecule has 139 heavy (non-hydrogen) atoms. The minimum absolute atomic E-state index is 0.0755. The van der Waals surface area contributed by atoms with E-state index in [0.29, 0.717) is 58.3 Å². The van der Waals surface area contributed by atoms with Gasteiger partial charge in [0.15, 0.2) is 0 Å². The molecule has 0 atom stereocenters. The van der Waals surface area contributed by atoms with Gasteiger partial charge < -0.3 is 18.3 Å². The van der Waals surface area contributed by atoms with Crippen LogP contribution >= 0.6 is 117 Å². The van der Waals surface area contributed by atoms with E-state index in [2.05, 4.69) is 231 Å². The first-order chi connectivity index (χ1) is 66.7. The van der Waals surface area contributed by atoms with Crippen molar-refractivity contribution in [3.05, 3.63) is 491 Å². The first-order valence-corrected chi connectivity index (χ1v) is 48.2. The van der Waals surface area contributed by atoms with Crippen molar-refractivity contribution in [1.82, 2.24) is 47.6 Å². The lowest BCUT2D eigenvalue weighted by molar-refractivity contribution is -0.385. The van der Waals surface area contributed by atoms with Gasteiger partial charge in [0.1, 0.15) is 10.0 Å². The van der Waals surface area contributed by atoms with Gasteiger partial charge in [-0.05, 0) is 232 Å². The van der Waals surface area contributed by atoms with Gasteiger partial charge in [-0.3, -0.25) is 54.5 Å². The SMILES string of the molecule is Cc1cc2c(ccn2Cc2ccc(Cl)cc2)cc1Br.Cc1cc2c(ccn2Cc2ccc(Cl)cc2)cc1[N+](=O)[O-].Cc1ccc(Cn2cc3cc(Br)ccc3n2)cc1.Cc1ccc(Cn2cc3cc([N+](=O)[O-])c(C)cc3n2)cc1.Cc1ccc(Cn2cc3cc([N+](=O)[O-])c(Cl)cc3n2)cc1.Clc1ccc(Cn2ccc3cc(Br)ccc32)cc1.O=[N+]([O-])c1cc2ccn(Cc3ccc(Cl)cc3)c2cc1Cl. The van der Waals surface area contributed by atoms with Crippen molar-refractivity contribution in [3.63, 3.8) is 0 Å². The summed E-state index contributed by atoms with van der Waals surface area (Å²) >= 11 is 46.0. The third kappa shape index (κ3) is 26.3. The molecule has 31 heteroatoms. The van der Waals surface area contributed by atoms with E-state index < -0.39 is 9.85 Å². The normalized spacial score (nSPS) is 11.0. The number of nitro benzene ring substituents is 4. The highest BCUT2D eigenvalue weighted by Crippen LogP contribution is 2.36. The van der Waals surface area contributed by atoms with Crippen molar-refractivity contribution in [3.8, 4) is 0 Å². The summed E-state index contributed by atoms with van der Waals surface area (Å²) in [6.07, 6.45) is 13.8. The van der Waals surface area contributed by atoms with Crippen LogP contribution in [0, 0.1) is 82.0 Å². The molecule has 7 aromatic heterocycles. The van der Waals surface area contributed by atoms with Crippen LogP contribution in [0.5, 0.6) is 0 Å². The molecule has 700 valence electrons. The van der Waals surface area contributed by atoms with Crippen molar-refractivity contribution in [1.29, 1.82) is 0 Å². The molecule has 0 aliphatic carbocycles. The fourth-order valence-electron chi connectivity index (χ4n) is 15.6. The Morgan fingerprint density at radius 2 is 0.532 bits per heavy atom. The van der Waals surface area contributed by atoms with Gasteiger partial charge in [-0.15, -0.1) is 0 Å². The Bertz CT molecular complexity index is 7710. The molecule has 0 saturated heterocycles. The zero-order valence-corrected chi connectivity index (χ0v) is 84.9. The van der Waals surface area contributed by atoms with E-state index in [0.717, 1.165) is 109 Å². The monoisotopic (exact) mass is 2150 g/mol. The molecule has 0 bridgehead atoms. The Hall–Kier alpha value is -13.6. The molecule has 0 unspecified atom stereocenters. The Morgan fingerprint density at radius 3 is 0.921 bits per heavy atom. The largest absolute Gasteiger partial charge is 0.343 e. The van der Waals surface area contributed by atoms with Gasteiger partial charge in [-0.1, -0.05) is 255 Å². The molecule has 0 saturated carbocycles. The van der Waals surface area contributed by atoms with Crippen molar-refractivity contribution >= 4 is 216 Å². The average molecular weight is 2160 g/mol. The number of aromatic nitrogens is 10. The minimum Gasteiger partial charge on any atom is -0.343 e. The van der Waals surface area contributed by atoms with E-state index in [1.54, 1.807) is 49.0 Å². The van der Waals surface area contributed by atoms with Crippen LogP contribution in [-0.4, -0.2) is 67.3 Å². The fraction of sp³-hybridized carbons (Fsp3) is 0.120. The molecule has 0 fully saturated rings. The lowest BCUT2D eigenvalue weighted by Crippen LogP contribution is -1.99. The fourth-order valence-corrected chi connectivity index (χ4v) is 17.7. The van der Waals surface area contributed by atoms with Gasteiger partial charge in [0.05, 0.1) is 61.4 Å².